The Labute approximate surface area is 171 Å². The first-order chi connectivity index (χ1) is 14.0. The third-order valence-corrected chi connectivity index (χ3v) is 6.07. The number of carbonyl (C=O) groups excluding carboxylic acids is 2. The van der Waals surface area contributed by atoms with Gasteiger partial charge in [-0.2, -0.15) is 0 Å². The van der Waals surface area contributed by atoms with Crippen LogP contribution in [0.5, 0.6) is 0 Å². The van der Waals surface area contributed by atoms with E-state index in [0.29, 0.717) is 11.1 Å². The minimum absolute atomic E-state index is 0.0776. The Hall–Kier alpha value is -3.25. The molecule has 1 aromatic heterocycles. The fourth-order valence-corrected chi connectivity index (χ4v) is 4.56. The summed E-state index contributed by atoms with van der Waals surface area (Å²) in [6, 6.07) is 15.8. The Morgan fingerprint density at radius 1 is 1.07 bits per heavy atom. The average molecular weight is 407 g/mol. The van der Waals surface area contributed by atoms with Gasteiger partial charge in [-0.15, -0.1) is 11.3 Å². The highest BCUT2D eigenvalue weighted by Crippen LogP contribution is 2.43. The van der Waals surface area contributed by atoms with Crippen molar-refractivity contribution in [2.75, 3.05) is 0 Å². The van der Waals surface area contributed by atoms with Crippen LogP contribution in [-0.4, -0.2) is 21.7 Å². The molecule has 0 saturated carbocycles. The lowest BCUT2D eigenvalue weighted by Gasteiger charge is -2.25. The number of ketones is 1. The molecule has 4 nitrogen and oxygen atoms in total. The first-order valence-electron chi connectivity index (χ1n) is 9.09. The molecular weight excluding hydrogens is 389 g/mol. The summed E-state index contributed by atoms with van der Waals surface area (Å²) in [5.41, 5.74) is 2.19. The van der Waals surface area contributed by atoms with Crippen molar-refractivity contribution < 1.29 is 19.1 Å². The molecule has 146 valence electrons. The molecule has 3 aromatic rings. The highest BCUT2D eigenvalue weighted by atomic mass is 32.1. The maximum Gasteiger partial charge on any atom is 0.295 e. The van der Waals surface area contributed by atoms with Crippen LogP contribution in [-0.2, 0) is 16.1 Å². The maximum absolute atomic E-state index is 13.3. The molecule has 4 rings (SSSR count). The van der Waals surface area contributed by atoms with E-state index in [0.717, 1.165) is 10.4 Å². The zero-order valence-electron chi connectivity index (χ0n) is 15.6. The van der Waals surface area contributed by atoms with Gasteiger partial charge < -0.3 is 10.0 Å². The second kappa shape index (κ2) is 7.64. The van der Waals surface area contributed by atoms with Crippen molar-refractivity contribution in [3.8, 4) is 0 Å². The second-order valence-corrected chi connectivity index (χ2v) is 7.84. The van der Waals surface area contributed by atoms with Crippen LogP contribution in [0.25, 0.3) is 5.76 Å². The maximum atomic E-state index is 13.3. The molecule has 1 unspecified atom stereocenters. The number of amides is 1. The molecule has 1 amide bonds. The largest absolute Gasteiger partial charge is 0.507 e. The molecule has 2 aromatic carbocycles. The van der Waals surface area contributed by atoms with Gasteiger partial charge in [0.05, 0.1) is 5.57 Å². The van der Waals surface area contributed by atoms with Crippen molar-refractivity contribution in [3.05, 3.63) is 99.0 Å². The predicted octanol–water partition coefficient (Wildman–Crippen LogP) is 4.82. The van der Waals surface area contributed by atoms with Gasteiger partial charge in [0.1, 0.15) is 17.6 Å². The lowest BCUT2D eigenvalue weighted by Crippen LogP contribution is -2.29. The van der Waals surface area contributed by atoms with Crippen LogP contribution in [0.3, 0.4) is 0 Å². The first kappa shape index (κ1) is 19.1. The quantitative estimate of drug-likeness (QED) is 0.383. The van der Waals surface area contributed by atoms with E-state index in [9.17, 15) is 19.1 Å². The minimum Gasteiger partial charge on any atom is -0.507 e. The monoisotopic (exact) mass is 407 g/mol. The number of aliphatic hydroxyl groups excluding tert-OH is 1. The summed E-state index contributed by atoms with van der Waals surface area (Å²) < 4.78 is 13.3. The van der Waals surface area contributed by atoms with E-state index >= 15 is 0 Å². The Balaban J connectivity index is 1.85. The molecular formula is C23H18FNO3S. The molecule has 29 heavy (non-hydrogen) atoms. The van der Waals surface area contributed by atoms with E-state index in [-0.39, 0.29) is 23.7 Å². The molecule has 1 fully saturated rings. The van der Waals surface area contributed by atoms with Crippen molar-refractivity contribution in [2.24, 2.45) is 0 Å². The Kier molecular flexibility index (Phi) is 5.03. The van der Waals surface area contributed by atoms with Crippen molar-refractivity contribution >= 4 is 28.8 Å². The van der Waals surface area contributed by atoms with Crippen molar-refractivity contribution in [1.29, 1.82) is 0 Å². The van der Waals surface area contributed by atoms with E-state index in [1.165, 1.54) is 28.4 Å². The number of Topliss-reactive ketones (excluding diaryl/α,β-unsaturated/α-hetero) is 1. The van der Waals surface area contributed by atoms with Crippen LogP contribution >= 0.6 is 11.3 Å². The zero-order valence-corrected chi connectivity index (χ0v) is 16.4. The zero-order chi connectivity index (χ0) is 20.5. The molecule has 2 heterocycles. The number of aryl methyl sites for hydroxylation is 1. The number of halogens is 1. The molecule has 6 heteroatoms. The van der Waals surface area contributed by atoms with E-state index in [4.69, 9.17) is 0 Å². The van der Waals surface area contributed by atoms with Crippen LogP contribution in [0, 0.1) is 12.7 Å². The Morgan fingerprint density at radius 2 is 1.76 bits per heavy atom. The van der Waals surface area contributed by atoms with Crippen LogP contribution in [0.4, 0.5) is 4.39 Å². The molecule has 1 aliphatic rings. The smallest absolute Gasteiger partial charge is 0.295 e. The molecule has 0 aliphatic carbocycles. The van der Waals surface area contributed by atoms with Gasteiger partial charge in [-0.3, -0.25) is 9.59 Å². The summed E-state index contributed by atoms with van der Waals surface area (Å²) >= 11 is 1.43. The van der Waals surface area contributed by atoms with Gasteiger partial charge in [0.2, 0.25) is 0 Å². The van der Waals surface area contributed by atoms with Crippen LogP contribution in [0.15, 0.2) is 71.6 Å². The summed E-state index contributed by atoms with van der Waals surface area (Å²) in [7, 11) is 0. The summed E-state index contributed by atoms with van der Waals surface area (Å²) in [4.78, 5) is 28.1. The van der Waals surface area contributed by atoms with E-state index in [1.54, 1.807) is 36.4 Å². The number of hydrogen-bond donors (Lipinski definition) is 1. The number of hydrogen-bond acceptors (Lipinski definition) is 4. The first-order valence-corrected chi connectivity index (χ1v) is 9.97. The van der Waals surface area contributed by atoms with Gasteiger partial charge in [0, 0.05) is 17.0 Å². The molecule has 1 aliphatic heterocycles. The van der Waals surface area contributed by atoms with E-state index in [1.807, 2.05) is 24.4 Å². The van der Waals surface area contributed by atoms with Crippen LogP contribution in [0.1, 0.15) is 27.6 Å². The average Bonchev–Trinajstić information content (AvgIpc) is 3.25. The summed E-state index contributed by atoms with van der Waals surface area (Å²) in [5.74, 6) is -1.95. The normalized spacial score (nSPS) is 18.4. The molecule has 0 radical (unpaired) electrons. The van der Waals surface area contributed by atoms with E-state index < -0.39 is 17.7 Å². The van der Waals surface area contributed by atoms with Crippen LogP contribution < -0.4 is 0 Å². The van der Waals surface area contributed by atoms with Crippen molar-refractivity contribution in [3.63, 3.8) is 0 Å². The standard InChI is InChI=1S/C23H18FNO3S/c1-14-11-12-29-22(14)19-18(20(26)16-5-3-2-4-6-16)21(27)23(28)25(19)13-15-7-9-17(24)10-8-15/h2-12,19,26H,13H2,1H3/b20-18-. The fourth-order valence-electron chi connectivity index (χ4n) is 3.52. The SMILES string of the molecule is Cc1ccsc1C1/C(=C(/O)c2ccccc2)C(=O)C(=O)N1Cc1ccc(F)cc1. The minimum atomic E-state index is -0.716. The number of aliphatic hydroxyl groups is 1. The predicted molar refractivity (Wildman–Crippen MR) is 110 cm³/mol. The number of nitrogens with zero attached hydrogens (tertiary/aromatic N) is 1. The second-order valence-electron chi connectivity index (χ2n) is 6.89. The summed E-state index contributed by atoms with van der Waals surface area (Å²) in [6.07, 6.45) is 0. The van der Waals surface area contributed by atoms with Gasteiger partial charge >= 0.3 is 0 Å². The molecule has 0 spiro atoms. The number of carbonyl (C=O) groups is 2. The Morgan fingerprint density at radius 3 is 2.38 bits per heavy atom. The third kappa shape index (κ3) is 3.47. The molecule has 1 saturated heterocycles. The lowest BCUT2D eigenvalue weighted by molar-refractivity contribution is -0.140. The number of rotatable bonds is 4. The number of benzene rings is 2. The lowest BCUT2D eigenvalue weighted by atomic mass is 9.98. The van der Waals surface area contributed by atoms with Crippen LogP contribution in [0.2, 0.25) is 0 Å². The highest BCUT2D eigenvalue weighted by Gasteiger charge is 2.47. The van der Waals surface area contributed by atoms with Crippen molar-refractivity contribution in [1.82, 2.24) is 4.90 Å². The van der Waals surface area contributed by atoms with Gasteiger partial charge in [-0.05, 0) is 41.6 Å². The molecule has 1 N–H and O–H groups in total. The van der Waals surface area contributed by atoms with Crippen molar-refractivity contribution in [2.45, 2.75) is 19.5 Å². The molecule has 0 bridgehead atoms. The van der Waals surface area contributed by atoms with Gasteiger partial charge in [0.25, 0.3) is 11.7 Å². The Bertz CT molecular complexity index is 1100. The highest BCUT2D eigenvalue weighted by molar-refractivity contribution is 7.10. The molecule has 1 atom stereocenters. The number of thiophene rings is 1. The summed E-state index contributed by atoms with van der Waals surface area (Å²) in [6.45, 7) is 2.05. The third-order valence-electron chi connectivity index (χ3n) is 5.00. The topological polar surface area (TPSA) is 57.6 Å². The van der Waals surface area contributed by atoms with Gasteiger partial charge in [-0.1, -0.05) is 42.5 Å². The summed E-state index contributed by atoms with van der Waals surface area (Å²) in [5, 5.41) is 12.8. The van der Waals surface area contributed by atoms with Gasteiger partial charge in [0.15, 0.2) is 0 Å². The number of likely N-dealkylation sites (tertiary alicyclic amines) is 1. The van der Waals surface area contributed by atoms with E-state index in [2.05, 4.69) is 0 Å². The fraction of sp³-hybridized carbons (Fsp3) is 0.130. The van der Waals surface area contributed by atoms with Gasteiger partial charge in [-0.25, -0.2) is 4.39 Å².